The summed E-state index contributed by atoms with van der Waals surface area (Å²) in [5.41, 5.74) is 0.943. The molecule has 0 aliphatic rings. The van der Waals surface area contributed by atoms with Crippen LogP contribution in [-0.2, 0) is 14.6 Å². The van der Waals surface area contributed by atoms with Gasteiger partial charge in [-0.2, -0.15) is 0 Å². The van der Waals surface area contributed by atoms with Crippen molar-refractivity contribution in [3.8, 4) is 5.69 Å². The van der Waals surface area contributed by atoms with Gasteiger partial charge in [-0.05, 0) is 50.2 Å². The first kappa shape index (κ1) is 23.8. The van der Waals surface area contributed by atoms with E-state index in [1.165, 1.54) is 12.1 Å². The second-order valence-corrected chi connectivity index (χ2v) is 9.30. The van der Waals surface area contributed by atoms with E-state index in [-0.39, 0.29) is 11.1 Å². The van der Waals surface area contributed by atoms with E-state index in [4.69, 9.17) is 4.74 Å². The topological polar surface area (TPSA) is 126 Å². The second kappa shape index (κ2) is 8.94. The van der Waals surface area contributed by atoms with Gasteiger partial charge in [0.1, 0.15) is 10.7 Å². The maximum Gasteiger partial charge on any atom is 0.338 e. The van der Waals surface area contributed by atoms with Gasteiger partial charge in [0.05, 0.1) is 10.5 Å². The highest BCUT2D eigenvalue weighted by molar-refractivity contribution is 7.90. The summed E-state index contributed by atoms with van der Waals surface area (Å²) in [6, 6.07) is 10.2. The van der Waals surface area contributed by atoms with E-state index < -0.39 is 49.5 Å². The lowest BCUT2D eigenvalue weighted by Crippen LogP contribution is -2.15. The summed E-state index contributed by atoms with van der Waals surface area (Å²) in [5, 5.41) is 11.2. The Hall–Kier alpha value is -3.86. The Morgan fingerprint density at radius 2 is 1.82 bits per heavy atom. The van der Waals surface area contributed by atoms with Crippen LogP contribution in [-0.4, -0.2) is 42.5 Å². The van der Waals surface area contributed by atoms with Gasteiger partial charge in [-0.1, -0.05) is 6.07 Å². The number of rotatable bonds is 7. The first-order valence-corrected chi connectivity index (χ1v) is 11.4. The smallest absolute Gasteiger partial charge is 0.338 e. The Bertz CT molecular complexity index is 1390. The third kappa shape index (κ3) is 4.98. The molecular weight excluding hydrogens is 455 g/mol. The lowest BCUT2D eigenvalue weighted by Gasteiger charge is -2.10. The van der Waals surface area contributed by atoms with Crippen LogP contribution < -0.4 is 0 Å². The third-order valence-corrected chi connectivity index (χ3v) is 6.07. The first-order chi connectivity index (χ1) is 15.4. The Kier molecular flexibility index (Phi) is 6.45. The number of esters is 1. The number of benzene rings is 2. The SMILES string of the molecule is Cc1cc(C(=O)COC(=O)c2ccc(S(C)(=O)=O)c([N+](=O)[O-])c2)c(C)n1-c1cccc(F)c1. The summed E-state index contributed by atoms with van der Waals surface area (Å²) in [7, 11) is -3.89. The van der Waals surface area contributed by atoms with Crippen LogP contribution in [0.2, 0.25) is 0 Å². The summed E-state index contributed by atoms with van der Waals surface area (Å²) in [4.78, 5) is 34.8. The minimum atomic E-state index is -3.89. The zero-order valence-corrected chi connectivity index (χ0v) is 18.7. The molecule has 0 unspecified atom stereocenters. The quantitative estimate of drug-likeness (QED) is 0.222. The molecule has 0 N–H and O–H groups in total. The van der Waals surface area contributed by atoms with E-state index in [0.29, 0.717) is 17.1 Å². The van der Waals surface area contributed by atoms with E-state index >= 15 is 0 Å². The number of nitrogens with zero attached hydrogens (tertiary/aromatic N) is 2. The van der Waals surface area contributed by atoms with Crippen molar-refractivity contribution in [2.45, 2.75) is 18.7 Å². The summed E-state index contributed by atoms with van der Waals surface area (Å²) in [5.74, 6) is -1.98. The van der Waals surface area contributed by atoms with E-state index in [0.717, 1.165) is 24.5 Å². The summed E-state index contributed by atoms with van der Waals surface area (Å²) in [6.45, 7) is 2.76. The van der Waals surface area contributed by atoms with E-state index in [9.17, 15) is 32.5 Å². The van der Waals surface area contributed by atoms with Crippen LogP contribution in [0.3, 0.4) is 0 Å². The van der Waals surface area contributed by atoms with Crippen molar-refractivity contribution < 1.29 is 32.1 Å². The number of carbonyl (C=O) groups is 2. The lowest BCUT2D eigenvalue weighted by atomic mass is 10.1. The van der Waals surface area contributed by atoms with E-state index in [1.54, 1.807) is 36.6 Å². The van der Waals surface area contributed by atoms with E-state index in [1.807, 2.05) is 0 Å². The predicted octanol–water partition coefficient (Wildman–Crippen LogP) is 3.58. The van der Waals surface area contributed by atoms with Crippen LogP contribution in [0.25, 0.3) is 5.69 Å². The highest BCUT2D eigenvalue weighted by Gasteiger charge is 2.25. The number of nitro groups is 1. The molecule has 0 saturated heterocycles. The standard InChI is InChI=1S/C22H19FN2O7S/c1-13-9-18(14(2)24(13)17-6-4-5-16(23)11-17)20(26)12-32-22(27)15-7-8-21(33(3,30)31)19(10-15)25(28)29/h4-11H,12H2,1-3H3. The predicted molar refractivity (Wildman–Crippen MR) is 116 cm³/mol. The number of aryl methyl sites for hydroxylation is 1. The Balaban J connectivity index is 1.81. The zero-order chi connectivity index (χ0) is 24.5. The van der Waals surface area contributed by atoms with Crippen LogP contribution in [0.4, 0.5) is 10.1 Å². The fraction of sp³-hybridized carbons (Fsp3) is 0.182. The Labute approximate surface area is 188 Å². The summed E-state index contributed by atoms with van der Waals surface area (Å²) in [6.07, 6.45) is 0.812. The molecule has 0 atom stereocenters. The molecular formula is C22H19FN2O7S. The molecule has 0 amide bonds. The molecule has 9 nitrogen and oxygen atoms in total. The van der Waals surface area contributed by atoms with Crippen molar-refractivity contribution in [3.05, 3.63) is 87.0 Å². The minimum absolute atomic E-state index is 0.267. The molecule has 11 heteroatoms. The fourth-order valence-electron chi connectivity index (χ4n) is 3.45. The van der Waals surface area contributed by atoms with Gasteiger partial charge in [-0.3, -0.25) is 14.9 Å². The van der Waals surface area contributed by atoms with Crippen molar-refractivity contribution in [1.29, 1.82) is 0 Å². The monoisotopic (exact) mass is 474 g/mol. The molecule has 3 aromatic rings. The second-order valence-electron chi connectivity index (χ2n) is 7.31. The first-order valence-electron chi connectivity index (χ1n) is 9.54. The van der Waals surface area contributed by atoms with Crippen LogP contribution in [0.5, 0.6) is 0 Å². The molecule has 1 heterocycles. The van der Waals surface area contributed by atoms with Crippen molar-refractivity contribution in [2.75, 3.05) is 12.9 Å². The fourth-order valence-corrected chi connectivity index (χ4v) is 4.28. The largest absolute Gasteiger partial charge is 0.454 e. The van der Waals surface area contributed by atoms with Crippen LogP contribution in [0.15, 0.2) is 53.4 Å². The van der Waals surface area contributed by atoms with Gasteiger partial charge in [0, 0.05) is 35.0 Å². The molecule has 2 aromatic carbocycles. The van der Waals surface area contributed by atoms with Gasteiger partial charge in [-0.15, -0.1) is 0 Å². The number of Topliss-reactive ketones (excluding diaryl/α,β-unsaturated/α-hetero) is 1. The zero-order valence-electron chi connectivity index (χ0n) is 17.9. The van der Waals surface area contributed by atoms with Crippen molar-refractivity contribution in [2.24, 2.45) is 0 Å². The highest BCUT2D eigenvalue weighted by atomic mass is 32.2. The number of hydrogen-bond acceptors (Lipinski definition) is 7. The van der Waals surface area contributed by atoms with Crippen LogP contribution >= 0.6 is 0 Å². The number of sulfone groups is 1. The number of halogens is 1. The number of aromatic nitrogens is 1. The molecule has 3 rings (SSSR count). The van der Waals surface area contributed by atoms with Crippen LogP contribution in [0.1, 0.15) is 32.1 Å². The normalized spacial score (nSPS) is 11.3. The third-order valence-electron chi connectivity index (χ3n) is 4.92. The Morgan fingerprint density at radius 3 is 2.42 bits per heavy atom. The highest BCUT2D eigenvalue weighted by Crippen LogP contribution is 2.26. The van der Waals surface area contributed by atoms with E-state index in [2.05, 4.69) is 0 Å². The Morgan fingerprint density at radius 1 is 1.12 bits per heavy atom. The summed E-state index contributed by atoms with van der Waals surface area (Å²) >= 11 is 0. The molecule has 0 saturated carbocycles. The molecule has 33 heavy (non-hydrogen) atoms. The van der Waals surface area contributed by atoms with Gasteiger partial charge in [0.2, 0.25) is 5.78 Å². The molecule has 0 radical (unpaired) electrons. The van der Waals surface area contributed by atoms with Gasteiger partial charge in [0.25, 0.3) is 5.69 Å². The minimum Gasteiger partial charge on any atom is -0.454 e. The molecule has 0 aliphatic heterocycles. The van der Waals surface area contributed by atoms with Gasteiger partial charge >= 0.3 is 5.97 Å². The van der Waals surface area contributed by atoms with Crippen molar-refractivity contribution >= 4 is 27.3 Å². The molecule has 0 aliphatic carbocycles. The molecule has 0 bridgehead atoms. The molecule has 172 valence electrons. The number of nitro benzene ring substituents is 1. The van der Waals surface area contributed by atoms with Gasteiger partial charge in [0.15, 0.2) is 16.4 Å². The van der Waals surface area contributed by atoms with Gasteiger partial charge in [-0.25, -0.2) is 17.6 Å². The maximum atomic E-state index is 13.6. The summed E-state index contributed by atoms with van der Waals surface area (Å²) < 4.78 is 43.7. The van der Waals surface area contributed by atoms with Crippen LogP contribution in [0, 0.1) is 29.8 Å². The molecule has 0 fully saturated rings. The molecule has 1 aromatic heterocycles. The maximum absolute atomic E-state index is 13.6. The number of ether oxygens (including phenoxy) is 1. The number of ketones is 1. The van der Waals surface area contributed by atoms with Crippen molar-refractivity contribution in [3.63, 3.8) is 0 Å². The van der Waals surface area contributed by atoms with Crippen molar-refractivity contribution in [1.82, 2.24) is 4.57 Å². The number of carbonyl (C=O) groups excluding carboxylic acids is 2. The average Bonchev–Trinajstić information content (AvgIpc) is 3.04. The lowest BCUT2D eigenvalue weighted by molar-refractivity contribution is -0.387. The number of hydrogen-bond donors (Lipinski definition) is 0. The van der Waals surface area contributed by atoms with Gasteiger partial charge < -0.3 is 9.30 Å². The molecule has 0 spiro atoms. The average molecular weight is 474 g/mol.